The van der Waals surface area contributed by atoms with Crippen LogP contribution >= 0.6 is 11.6 Å². The molecule has 0 saturated carbocycles. The maximum absolute atomic E-state index is 10.5. The molecule has 1 aliphatic rings. The molecule has 1 amide bonds. The van der Waals surface area contributed by atoms with Crippen molar-refractivity contribution in [3.8, 4) is 0 Å². The van der Waals surface area contributed by atoms with Crippen molar-refractivity contribution in [1.29, 1.82) is 5.41 Å². The minimum atomic E-state index is -0.563. The van der Waals surface area contributed by atoms with Crippen LogP contribution in [-0.4, -0.2) is 35.7 Å². The normalized spacial score (nSPS) is 19.3. The van der Waals surface area contributed by atoms with Gasteiger partial charge in [0.25, 0.3) is 0 Å². The van der Waals surface area contributed by atoms with Gasteiger partial charge in [0.1, 0.15) is 5.84 Å². The van der Waals surface area contributed by atoms with Gasteiger partial charge in [-0.05, 0) is 11.6 Å². The van der Waals surface area contributed by atoms with Crippen LogP contribution in [0.5, 0.6) is 0 Å². The summed E-state index contributed by atoms with van der Waals surface area (Å²) in [6.45, 7) is 1.64. The molecule has 56 valence electrons. The molecule has 0 atom stereocenters. The highest BCUT2D eigenvalue weighted by Gasteiger charge is 2.18. The van der Waals surface area contributed by atoms with E-state index in [4.69, 9.17) is 17.0 Å². The number of hydrogen-bond donors (Lipinski definition) is 2. The van der Waals surface area contributed by atoms with Gasteiger partial charge in [-0.3, -0.25) is 15.1 Å². The molecule has 2 N–H and O–H groups in total. The van der Waals surface area contributed by atoms with E-state index in [2.05, 4.69) is 5.32 Å². The van der Waals surface area contributed by atoms with E-state index in [-0.39, 0.29) is 5.84 Å². The maximum atomic E-state index is 10.5. The average molecular weight is 162 g/mol. The van der Waals surface area contributed by atoms with Gasteiger partial charge in [-0.15, -0.1) is 0 Å². The van der Waals surface area contributed by atoms with Crippen molar-refractivity contribution in [2.45, 2.75) is 0 Å². The van der Waals surface area contributed by atoms with E-state index in [0.29, 0.717) is 19.6 Å². The summed E-state index contributed by atoms with van der Waals surface area (Å²) in [4.78, 5) is 11.8. The summed E-state index contributed by atoms with van der Waals surface area (Å²) in [5, 5.41) is 9.61. The lowest BCUT2D eigenvalue weighted by atomic mass is 10.4. The van der Waals surface area contributed by atoms with Crippen LogP contribution in [0, 0.1) is 5.41 Å². The lowest BCUT2D eigenvalue weighted by Gasteiger charge is -2.25. The Bertz CT molecular complexity index is 170. The smallest absolute Gasteiger partial charge is 0.308 e. The summed E-state index contributed by atoms with van der Waals surface area (Å²) in [5.41, 5.74) is 0. The highest BCUT2D eigenvalue weighted by Crippen LogP contribution is 1.99. The molecule has 1 heterocycles. The number of amides is 1. The number of halogens is 1. The minimum absolute atomic E-state index is 0.242. The van der Waals surface area contributed by atoms with Gasteiger partial charge in [-0.25, -0.2) is 0 Å². The topological polar surface area (TPSA) is 56.2 Å². The molecule has 0 aromatic heterocycles. The first-order valence-corrected chi connectivity index (χ1v) is 3.35. The third-order valence-electron chi connectivity index (χ3n) is 1.34. The van der Waals surface area contributed by atoms with Gasteiger partial charge in [-0.1, -0.05) is 0 Å². The summed E-state index contributed by atoms with van der Waals surface area (Å²) in [6, 6.07) is 0. The van der Waals surface area contributed by atoms with E-state index >= 15 is 0 Å². The van der Waals surface area contributed by atoms with Crippen LogP contribution in [-0.2, 0) is 0 Å². The lowest BCUT2D eigenvalue weighted by Crippen LogP contribution is -2.48. The third kappa shape index (κ3) is 1.46. The lowest BCUT2D eigenvalue weighted by molar-refractivity contribution is 0.240. The Balaban J connectivity index is 2.56. The Hall–Kier alpha value is -0.610. The number of rotatable bonds is 0. The van der Waals surface area contributed by atoms with Gasteiger partial charge in [-0.2, -0.15) is 0 Å². The van der Waals surface area contributed by atoms with E-state index in [1.54, 1.807) is 0 Å². The molecule has 1 rings (SSSR count). The number of amidine groups is 1. The van der Waals surface area contributed by atoms with Crippen molar-refractivity contribution in [3.05, 3.63) is 0 Å². The Labute approximate surface area is 63.7 Å². The molecular formula is C5H8ClN3O. The number of piperazine rings is 1. The van der Waals surface area contributed by atoms with Crippen molar-refractivity contribution in [1.82, 2.24) is 10.2 Å². The first-order valence-electron chi connectivity index (χ1n) is 2.97. The van der Waals surface area contributed by atoms with E-state index in [9.17, 15) is 4.79 Å². The molecule has 5 heteroatoms. The summed E-state index contributed by atoms with van der Waals surface area (Å²) in [6.07, 6.45) is 0. The SMILES string of the molecule is N=C1CNCCN1C(=O)Cl. The summed E-state index contributed by atoms with van der Waals surface area (Å²) in [5.74, 6) is 0.242. The van der Waals surface area contributed by atoms with Crippen molar-refractivity contribution in [2.24, 2.45) is 0 Å². The number of hydrogen-bond acceptors (Lipinski definition) is 3. The number of nitrogens with zero attached hydrogens (tertiary/aromatic N) is 1. The highest BCUT2D eigenvalue weighted by atomic mass is 35.5. The fraction of sp³-hybridized carbons (Fsp3) is 0.600. The number of carbonyl (C=O) groups is 1. The molecule has 0 unspecified atom stereocenters. The van der Waals surface area contributed by atoms with Gasteiger partial charge in [0, 0.05) is 13.1 Å². The number of carbonyl (C=O) groups excluding carboxylic acids is 1. The Morgan fingerprint density at radius 3 is 2.90 bits per heavy atom. The van der Waals surface area contributed by atoms with Gasteiger partial charge in [0.05, 0.1) is 6.54 Å². The van der Waals surface area contributed by atoms with E-state index < -0.39 is 5.37 Å². The molecule has 0 radical (unpaired) electrons. The second-order valence-corrected chi connectivity index (χ2v) is 2.35. The van der Waals surface area contributed by atoms with Crippen LogP contribution in [0.3, 0.4) is 0 Å². The molecule has 0 aliphatic carbocycles. The predicted octanol–water partition coefficient (Wildman–Crippen LogP) is 0.228. The van der Waals surface area contributed by atoms with Gasteiger partial charge in [0.15, 0.2) is 0 Å². The molecule has 10 heavy (non-hydrogen) atoms. The van der Waals surface area contributed by atoms with Gasteiger partial charge >= 0.3 is 5.37 Å². The molecule has 0 aromatic carbocycles. The van der Waals surface area contributed by atoms with Crippen LogP contribution in [0.15, 0.2) is 0 Å². The van der Waals surface area contributed by atoms with E-state index in [1.807, 2.05) is 0 Å². The zero-order chi connectivity index (χ0) is 7.56. The fourth-order valence-corrected chi connectivity index (χ4v) is 1.01. The second-order valence-electron chi connectivity index (χ2n) is 2.03. The highest BCUT2D eigenvalue weighted by molar-refractivity contribution is 6.64. The minimum Gasteiger partial charge on any atom is -0.308 e. The molecule has 0 spiro atoms. The van der Waals surface area contributed by atoms with Gasteiger partial charge < -0.3 is 5.32 Å². The quantitative estimate of drug-likeness (QED) is 0.395. The van der Waals surface area contributed by atoms with Crippen molar-refractivity contribution < 1.29 is 4.79 Å². The maximum Gasteiger partial charge on any atom is 0.321 e. The standard InChI is InChI=1S/C5H8ClN3O/c6-5(10)9-2-1-8-3-4(9)7/h7-8H,1-3H2. The Kier molecular flexibility index (Phi) is 2.24. The van der Waals surface area contributed by atoms with Crippen LogP contribution in [0.1, 0.15) is 0 Å². The zero-order valence-electron chi connectivity index (χ0n) is 5.35. The van der Waals surface area contributed by atoms with Gasteiger partial charge in [0.2, 0.25) is 0 Å². The van der Waals surface area contributed by atoms with Crippen molar-refractivity contribution >= 4 is 22.8 Å². The van der Waals surface area contributed by atoms with Crippen molar-refractivity contribution in [2.75, 3.05) is 19.6 Å². The van der Waals surface area contributed by atoms with Crippen LogP contribution in [0.25, 0.3) is 0 Å². The fourth-order valence-electron chi connectivity index (χ4n) is 0.822. The van der Waals surface area contributed by atoms with Crippen LogP contribution < -0.4 is 5.32 Å². The monoisotopic (exact) mass is 161 g/mol. The van der Waals surface area contributed by atoms with Crippen LogP contribution in [0.2, 0.25) is 0 Å². The molecule has 4 nitrogen and oxygen atoms in total. The summed E-state index contributed by atoms with van der Waals surface area (Å²) >= 11 is 5.17. The predicted molar refractivity (Wildman–Crippen MR) is 38.6 cm³/mol. The van der Waals surface area contributed by atoms with Crippen LogP contribution in [0.4, 0.5) is 4.79 Å². The van der Waals surface area contributed by atoms with E-state index in [0.717, 1.165) is 0 Å². The molecule has 1 saturated heterocycles. The van der Waals surface area contributed by atoms with E-state index in [1.165, 1.54) is 4.90 Å². The molecular weight excluding hydrogens is 154 g/mol. The molecule has 1 fully saturated rings. The number of nitrogens with one attached hydrogen (secondary N) is 2. The Morgan fingerprint density at radius 1 is 1.80 bits per heavy atom. The summed E-state index contributed by atoms with van der Waals surface area (Å²) < 4.78 is 0. The first-order chi connectivity index (χ1) is 4.72. The third-order valence-corrected chi connectivity index (χ3v) is 1.55. The molecule has 0 bridgehead atoms. The first kappa shape index (κ1) is 7.50. The zero-order valence-corrected chi connectivity index (χ0v) is 6.11. The van der Waals surface area contributed by atoms with Crippen molar-refractivity contribution in [3.63, 3.8) is 0 Å². The summed E-state index contributed by atoms with van der Waals surface area (Å²) in [7, 11) is 0. The average Bonchev–Trinajstić information content (AvgIpc) is 1.88. The Morgan fingerprint density at radius 2 is 2.50 bits per heavy atom. The molecule has 1 aliphatic heterocycles. The second kappa shape index (κ2) is 2.98. The largest absolute Gasteiger partial charge is 0.321 e. The molecule has 0 aromatic rings.